The second kappa shape index (κ2) is 8.77. The Morgan fingerprint density at radius 1 is 1.25 bits per heavy atom. The van der Waals surface area contributed by atoms with Crippen LogP contribution in [0, 0.1) is 0 Å². The number of halogens is 1. The third kappa shape index (κ3) is 4.28. The molecule has 0 saturated heterocycles. The minimum absolute atomic E-state index is 0.0892. The fourth-order valence-electron chi connectivity index (χ4n) is 2.19. The summed E-state index contributed by atoms with van der Waals surface area (Å²) in [5, 5.41) is 7.82. The maximum absolute atomic E-state index is 5.69. The van der Waals surface area contributed by atoms with Gasteiger partial charge in [0.2, 0.25) is 0 Å². The second-order valence-corrected chi connectivity index (χ2v) is 5.36. The van der Waals surface area contributed by atoms with E-state index in [1.165, 1.54) is 0 Å². The highest BCUT2D eigenvalue weighted by molar-refractivity contribution is 9.10. The Labute approximate surface area is 130 Å². The summed E-state index contributed by atoms with van der Waals surface area (Å²) in [4.78, 5) is 0. The second-order valence-electron chi connectivity index (χ2n) is 4.56. The van der Waals surface area contributed by atoms with E-state index in [4.69, 9.17) is 9.47 Å². The highest BCUT2D eigenvalue weighted by atomic mass is 79.9. The summed E-state index contributed by atoms with van der Waals surface area (Å²) in [5.41, 5.74) is 2.24. The molecule has 0 aliphatic carbocycles. The number of aryl methyl sites for hydroxylation is 2. The lowest BCUT2D eigenvalue weighted by Gasteiger charge is -2.26. The summed E-state index contributed by atoms with van der Waals surface area (Å²) in [6, 6.07) is 0.0892. The standard InChI is InChI=1S/C14H26BrN3O2/c1-6-10-13(15)12(18(5)17-10)9-11(16-4)14(19-7-2)20-8-3/h11,14,16H,6-9H2,1-5H3. The number of nitrogens with one attached hydrogen (secondary N) is 1. The molecular weight excluding hydrogens is 322 g/mol. The van der Waals surface area contributed by atoms with Crippen LogP contribution in [-0.4, -0.2) is 42.4 Å². The van der Waals surface area contributed by atoms with Crippen LogP contribution in [0.4, 0.5) is 0 Å². The van der Waals surface area contributed by atoms with Gasteiger partial charge in [-0.2, -0.15) is 5.10 Å². The lowest BCUT2D eigenvalue weighted by Crippen LogP contribution is -2.43. The van der Waals surface area contributed by atoms with Gasteiger partial charge < -0.3 is 14.8 Å². The number of ether oxygens (including phenoxy) is 2. The lowest BCUT2D eigenvalue weighted by molar-refractivity contribution is -0.153. The van der Waals surface area contributed by atoms with Gasteiger partial charge in [-0.1, -0.05) is 6.92 Å². The van der Waals surface area contributed by atoms with Gasteiger partial charge in [0.05, 0.1) is 21.9 Å². The molecule has 1 atom stereocenters. The van der Waals surface area contributed by atoms with Crippen molar-refractivity contribution in [2.45, 2.75) is 45.9 Å². The molecule has 1 aromatic heterocycles. The van der Waals surface area contributed by atoms with Gasteiger partial charge in [-0.15, -0.1) is 0 Å². The molecule has 0 aliphatic rings. The number of hydrogen-bond acceptors (Lipinski definition) is 4. The summed E-state index contributed by atoms with van der Waals surface area (Å²) >= 11 is 3.65. The lowest BCUT2D eigenvalue weighted by atomic mass is 10.1. The number of likely N-dealkylation sites (N-methyl/N-ethyl adjacent to an activating group) is 1. The van der Waals surface area contributed by atoms with Crippen LogP contribution >= 0.6 is 15.9 Å². The largest absolute Gasteiger partial charge is 0.351 e. The van der Waals surface area contributed by atoms with Gasteiger partial charge in [0.15, 0.2) is 6.29 Å². The van der Waals surface area contributed by atoms with Crippen LogP contribution in [0.15, 0.2) is 4.47 Å². The van der Waals surface area contributed by atoms with Crippen LogP contribution in [0.3, 0.4) is 0 Å². The average Bonchev–Trinajstić information content (AvgIpc) is 2.71. The summed E-state index contributed by atoms with van der Waals surface area (Å²) in [7, 11) is 3.91. The van der Waals surface area contributed by atoms with Crippen molar-refractivity contribution in [1.29, 1.82) is 0 Å². The van der Waals surface area contributed by atoms with E-state index in [2.05, 4.69) is 33.3 Å². The highest BCUT2D eigenvalue weighted by Crippen LogP contribution is 2.23. The fourth-order valence-corrected chi connectivity index (χ4v) is 2.97. The zero-order chi connectivity index (χ0) is 15.1. The Hall–Kier alpha value is -0.430. The molecule has 0 aromatic carbocycles. The molecule has 0 aliphatic heterocycles. The molecule has 0 saturated carbocycles. The van der Waals surface area contributed by atoms with E-state index in [9.17, 15) is 0 Å². The van der Waals surface area contributed by atoms with Gasteiger partial charge in [0, 0.05) is 26.7 Å². The number of nitrogens with zero attached hydrogens (tertiary/aromatic N) is 2. The molecule has 116 valence electrons. The molecule has 0 bridgehead atoms. The summed E-state index contributed by atoms with van der Waals surface area (Å²) in [6.07, 6.45) is 1.46. The smallest absolute Gasteiger partial charge is 0.173 e. The van der Waals surface area contributed by atoms with E-state index in [1.54, 1.807) is 0 Å². The van der Waals surface area contributed by atoms with Gasteiger partial charge in [-0.25, -0.2) is 0 Å². The molecule has 0 spiro atoms. The monoisotopic (exact) mass is 347 g/mol. The first-order chi connectivity index (χ1) is 9.58. The fraction of sp³-hybridized carbons (Fsp3) is 0.786. The van der Waals surface area contributed by atoms with Gasteiger partial charge >= 0.3 is 0 Å². The first-order valence-corrected chi connectivity index (χ1v) is 7.98. The molecule has 1 aromatic rings. The van der Waals surface area contributed by atoms with Crippen molar-refractivity contribution in [3.63, 3.8) is 0 Å². The third-order valence-corrected chi connectivity index (χ3v) is 4.19. The maximum Gasteiger partial charge on any atom is 0.173 e. The van der Waals surface area contributed by atoms with E-state index in [1.807, 2.05) is 32.6 Å². The predicted octanol–water partition coefficient (Wildman–Crippen LogP) is 2.27. The average molecular weight is 348 g/mol. The molecule has 1 heterocycles. The van der Waals surface area contributed by atoms with Crippen LogP contribution in [-0.2, 0) is 29.4 Å². The summed E-state index contributed by atoms with van der Waals surface area (Å²) < 4.78 is 14.4. The van der Waals surface area contributed by atoms with E-state index in [-0.39, 0.29) is 12.3 Å². The van der Waals surface area contributed by atoms with Crippen LogP contribution < -0.4 is 5.32 Å². The number of hydrogen-bond donors (Lipinski definition) is 1. The highest BCUT2D eigenvalue weighted by Gasteiger charge is 2.24. The van der Waals surface area contributed by atoms with Gasteiger partial charge in [0.1, 0.15) is 0 Å². The molecule has 0 amide bonds. The van der Waals surface area contributed by atoms with Crippen LogP contribution in [0.5, 0.6) is 0 Å². The Morgan fingerprint density at radius 2 is 1.85 bits per heavy atom. The Kier molecular flexibility index (Phi) is 7.72. The number of rotatable bonds is 9. The Bertz CT molecular complexity index is 403. The van der Waals surface area contributed by atoms with Crippen molar-refractivity contribution in [2.24, 2.45) is 7.05 Å². The topological polar surface area (TPSA) is 48.3 Å². The van der Waals surface area contributed by atoms with E-state index >= 15 is 0 Å². The molecule has 5 nitrogen and oxygen atoms in total. The minimum Gasteiger partial charge on any atom is -0.351 e. The van der Waals surface area contributed by atoms with Gasteiger partial charge in [0.25, 0.3) is 0 Å². The minimum atomic E-state index is -0.248. The van der Waals surface area contributed by atoms with Crippen molar-refractivity contribution >= 4 is 15.9 Å². The third-order valence-electron chi connectivity index (χ3n) is 3.28. The summed E-state index contributed by atoms with van der Waals surface area (Å²) in [6.45, 7) is 7.34. The van der Waals surface area contributed by atoms with Gasteiger partial charge in [-0.3, -0.25) is 4.68 Å². The van der Waals surface area contributed by atoms with Crippen molar-refractivity contribution in [3.05, 3.63) is 15.9 Å². The summed E-state index contributed by atoms with van der Waals surface area (Å²) in [5.74, 6) is 0. The molecule has 1 rings (SSSR count). The molecule has 1 unspecified atom stereocenters. The van der Waals surface area contributed by atoms with Crippen molar-refractivity contribution in [1.82, 2.24) is 15.1 Å². The van der Waals surface area contributed by atoms with Crippen LogP contribution in [0.25, 0.3) is 0 Å². The first kappa shape index (κ1) is 17.6. The van der Waals surface area contributed by atoms with Crippen molar-refractivity contribution in [2.75, 3.05) is 20.3 Å². The maximum atomic E-state index is 5.69. The Morgan fingerprint density at radius 3 is 2.25 bits per heavy atom. The zero-order valence-corrected chi connectivity index (χ0v) is 14.7. The van der Waals surface area contributed by atoms with E-state index in [0.717, 1.165) is 28.7 Å². The van der Waals surface area contributed by atoms with Crippen molar-refractivity contribution in [3.8, 4) is 0 Å². The Balaban J connectivity index is 2.89. The SMILES string of the molecule is CCOC(OCC)C(Cc1c(Br)c(CC)nn1C)NC. The number of aromatic nitrogens is 2. The quantitative estimate of drug-likeness (QED) is 0.696. The van der Waals surface area contributed by atoms with Crippen LogP contribution in [0.1, 0.15) is 32.2 Å². The van der Waals surface area contributed by atoms with Gasteiger partial charge in [-0.05, 0) is 43.2 Å². The van der Waals surface area contributed by atoms with Crippen LogP contribution in [0.2, 0.25) is 0 Å². The predicted molar refractivity (Wildman–Crippen MR) is 83.9 cm³/mol. The first-order valence-electron chi connectivity index (χ1n) is 7.19. The zero-order valence-electron chi connectivity index (χ0n) is 13.1. The normalized spacial score (nSPS) is 13.2. The molecule has 6 heteroatoms. The molecule has 20 heavy (non-hydrogen) atoms. The molecule has 1 N–H and O–H groups in total. The van der Waals surface area contributed by atoms with E-state index in [0.29, 0.717) is 13.2 Å². The molecule has 0 fully saturated rings. The molecule has 0 radical (unpaired) electrons. The molecular formula is C14H26BrN3O2. The van der Waals surface area contributed by atoms with E-state index < -0.39 is 0 Å². The van der Waals surface area contributed by atoms with Crippen molar-refractivity contribution < 1.29 is 9.47 Å².